The smallest absolute Gasteiger partial charge is 0.0338 e. The quantitative estimate of drug-likeness (QED) is 0.816. The van der Waals surface area contributed by atoms with Crippen molar-refractivity contribution in [2.75, 3.05) is 33.2 Å². The number of hydrogen-bond donors (Lipinski definition) is 1. The summed E-state index contributed by atoms with van der Waals surface area (Å²) in [7, 11) is 2.24. The fourth-order valence-corrected chi connectivity index (χ4v) is 3.86. The predicted octanol–water partition coefficient (Wildman–Crippen LogP) is 1.92. The van der Waals surface area contributed by atoms with Crippen molar-refractivity contribution in [3.8, 4) is 0 Å². The van der Waals surface area contributed by atoms with E-state index in [9.17, 15) is 0 Å². The van der Waals surface area contributed by atoms with Gasteiger partial charge < -0.3 is 5.73 Å². The summed E-state index contributed by atoms with van der Waals surface area (Å²) in [5.41, 5.74) is 7.19. The van der Waals surface area contributed by atoms with Crippen molar-refractivity contribution in [3.05, 3.63) is 0 Å². The lowest BCUT2D eigenvalue weighted by Gasteiger charge is -2.52. The van der Waals surface area contributed by atoms with Crippen molar-refractivity contribution in [2.24, 2.45) is 11.1 Å². The lowest BCUT2D eigenvalue weighted by Crippen LogP contribution is -2.65. The second-order valence-corrected chi connectivity index (χ2v) is 7.93. The predicted molar refractivity (Wildman–Crippen MR) is 77.7 cm³/mol. The third-order valence-corrected chi connectivity index (χ3v) is 5.44. The molecule has 0 aromatic carbocycles. The Morgan fingerprint density at radius 3 is 2.17 bits per heavy atom. The number of nitrogens with two attached hydrogens (primary N) is 1. The first-order valence-corrected chi connectivity index (χ1v) is 7.37. The first-order valence-electron chi connectivity index (χ1n) is 7.37. The third kappa shape index (κ3) is 2.45. The lowest BCUT2D eigenvalue weighted by molar-refractivity contribution is -0.0231. The fraction of sp³-hybridized carbons (Fsp3) is 1.00. The van der Waals surface area contributed by atoms with Crippen LogP contribution in [0.5, 0.6) is 0 Å². The molecule has 2 rings (SSSR count). The van der Waals surface area contributed by atoms with E-state index < -0.39 is 0 Å². The summed E-state index contributed by atoms with van der Waals surface area (Å²) in [6.07, 6.45) is 3.85. The van der Waals surface area contributed by atoms with Crippen LogP contribution in [-0.4, -0.2) is 54.1 Å². The molecule has 3 nitrogen and oxygen atoms in total. The first kappa shape index (κ1) is 14.3. The van der Waals surface area contributed by atoms with Crippen LogP contribution in [0.15, 0.2) is 0 Å². The van der Waals surface area contributed by atoms with Crippen molar-refractivity contribution >= 4 is 0 Å². The molecule has 3 heteroatoms. The van der Waals surface area contributed by atoms with E-state index in [0.717, 1.165) is 19.6 Å². The Kier molecular flexibility index (Phi) is 3.54. The number of hydrogen-bond acceptors (Lipinski definition) is 3. The van der Waals surface area contributed by atoms with Gasteiger partial charge >= 0.3 is 0 Å². The SMILES string of the molecule is CN1CCN(C2(CN)CCC(C)(C)C2)CC1(C)C. The van der Waals surface area contributed by atoms with Crippen LogP contribution in [-0.2, 0) is 0 Å². The fourth-order valence-electron chi connectivity index (χ4n) is 3.86. The Balaban J connectivity index is 2.15. The van der Waals surface area contributed by atoms with Crippen molar-refractivity contribution < 1.29 is 0 Å². The molecule has 1 saturated heterocycles. The summed E-state index contributed by atoms with van der Waals surface area (Å²) in [6.45, 7) is 13.8. The molecule has 1 saturated carbocycles. The Hall–Kier alpha value is -0.120. The van der Waals surface area contributed by atoms with Gasteiger partial charge in [-0.2, -0.15) is 0 Å². The van der Waals surface area contributed by atoms with Crippen molar-refractivity contribution in [1.82, 2.24) is 9.80 Å². The largest absolute Gasteiger partial charge is 0.329 e. The Bertz CT molecular complexity index is 311. The van der Waals surface area contributed by atoms with Gasteiger partial charge in [-0.05, 0) is 45.6 Å². The van der Waals surface area contributed by atoms with Gasteiger partial charge in [0.25, 0.3) is 0 Å². The molecule has 1 aliphatic carbocycles. The van der Waals surface area contributed by atoms with Gasteiger partial charge in [0.2, 0.25) is 0 Å². The maximum Gasteiger partial charge on any atom is 0.0338 e. The van der Waals surface area contributed by atoms with E-state index >= 15 is 0 Å². The Morgan fingerprint density at radius 2 is 1.72 bits per heavy atom. The van der Waals surface area contributed by atoms with Crippen molar-refractivity contribution in [1.29, 1.82) is 0 Å². The standard InChI is InChI=1S/C15H31N3/c1-13(2)6-7-15(10-13,11-16)18-9-8-17(5)14(3,4)12-18/h6-12,16H2,1-5H3. The molecule has 18 heavy (non-hydrogen) atoms. The van der Waals surface area contributed by atoms with E-state index in [1.54, 1.807) is 0 Å². The summed E-state index contributed by atoms with van der Waals surface area (Å²) >= 11 is 0. The molecule has 106 valence electrons. The van der Waals surface area contributed by atoms with E-state index in [1.165, 1.54) is 25.8 Å². The van der Waals surface area contributed by atoms with Gasteiger partial charge in [0, 0.05) is 37.3 Å². The van der Waals surface area contributed by atoms with E-state index in [-0.39, 0.29) is 11.1 Å². The maximum absolute atomic E-state index is 6.19. The van der Waals surface area contributed by atoms with Gasteiger partial charge in [-0.25, -0.2) is 0 Å². The van der Waals surface area contributed by atoms with Crippen LogP contribution in [0, 0.1) is 5.41 Å². The van der Waals surface area contributed by atoms with Gasteiger partial charge in [0.05, 0.1) is 0 Å². The number of piperazine rings is 1. The van der Waals surface area contributed by atoms with Gasteiger partial charge in [0.15, 0.2) is 0 Å². The minimum atomic E-state index is 0.266. The Labute approximate surface area is 113 Å². The molecule has 1 aliphatic heterocycles. The summed E-state index contributed by atoms with van der Waals surface area (Å²) in [6, 6.07) is 0. The van der Waals surface area contributed by atoms with Crippen LogP contribution in [0.25, 0.3) is 0 Å². The normalized spacial score (nSPS) is 37.0. The highest BCUT2D eigenvalue weighted by Gasteiger charge is 2.48. The van der Waals surface area contributed by atoms with E-state index in [4.69, 9.17) is 5.73 Å². The van der Waals surface area contributed by atoms with Gasteiger partial charge in [0.1, 0.15) is 0 Å². The van der Waals surface area contributed by atoms with Crippen LogP contribution < -0.4 is 5.73 Å². The average molecular weight is 253 g/mol. The number of likely N-dealkylation sites (N-methyl/N-ethyl adjacent to an activating group) is 1. The Morgan fingerprint density at radius 1 is 1.06 bits per heavy atom. The summed E-state index contributed by atoms with van der Waals surface area (Å²) in [5.74, 6) is 0. The molecule has 2 N–H and O–H groups in total. The highest BCUT2D eigenvalue weighted by molar-refractivity contribution is 5.05. The molecule has 0 amide bonds. The zero-order valence-corrected chi connectivity index (χ0v) is 12.9. The maximum atomic E-state index is 6.19. The summed E-state index contributed by atoms with van der Waals surface area (Å²) in [5, 5.41) is 0. The average Bonchev–Trinajstić information content (AvgIpc) is 2.59. The van der Waals surface area contributed by atoms with E-state index in [1.807, 2.05) is 0 Å². The van der Waals surface area contributed by atoms with Crippen LogP contribution in [0.4, 0.5) is 0 Å². The first-order chi connectivity index (χ1) is 8.21. The highest BCUT2D eigenvalue weighted by Crippen LogP contribution is 2.47. The topological polar surface area (TPSA) is 32.5 Å². The molecule has 1 heterocycles. The summed E-state index contributed by atoms with van der Waals surface area (Å²) in [4.78, 5) is 5.18. The molecule has 2 fully saturated rings. The molecule has 0 aromatic heterocycles. The molecular weight excluding hydrogens is 222 g/mol. The second kappa shape index (κ2) is 4.46. The molecule has 1 atom stereocenters. The van der Waals surface area contributed by atoms with Crippen molar-refractivity contribution in [2.45, 2.75) is 58.0 Å². The molecule has 0 aromatic rings. The van der Waals surface area contributed by atoms with Crippen LogP contribution >= 0.6 is 0 Å². The molecule has 0 spiro atoms. The van der Waals surface area contributed by atoms with Gasteiger partial charge in [-0.3, -0.25) is 9.80 Å². The molecule has 0 bridgehead atoms. The number of rotatable bonds is 2. The van der Waals surface area contributed by atoms with E-state index in [2.05, 4.69) is 44.5 Å². The monoisotopic (exact) mass is 253 g/mol. The second-order valence-electron chi connectivity index (χ2n) is 7.93. The van der Waals surface area contributed by atoms with Gasteiger partial charge in [-0.15, -0.1) is 0 Å². The number of nitrogens with zero attached hydrogens (tertiary/aromatic N) is 2. The van der Waals surface area contributed by atoms with Crippen molar-refractivity contribution in [3.63, 3.8) is 0 Å². The van der Waals surface area contributed by atoms with Crippen LogP contribution in [0.1, 0.15) is 47.0 Å². The molecule has 2 aliphatic rings. The van der Waals surface area contributed by atoms with Crippen LogP contribution in [0.2, 0.25) is 0 Å². The molecule has 0 radical (unpaired) electrons. The molecular formula is C15H31N3. The summed E-state index contributed by atoms with van der Waals surface area (Å²) < 4.78 is 0. The third-order valence-electron chi connectivity index (χ3n) is 5.44. The van der Waals surface area contributed by atoms with E-state index in [0.29, 0.717) is 5.41 Å². The lowest BCUT2D eigenvalue weighted by atomic mass is 9.85. The highest BCUT2D eigenvalue weighted by atomic mass is 15.3. The minimum Gasteiger partial charge on any atom is -0.329 e. The van der Waals surface area contributed by atoms with Gasteiger partial charge in [-0.1, -0.05) is 13.8 Å². The zero-order valence-electron chi connectivity index (χ0n) is 12.9. The molecule has 1 unspecified atom stereocenters. The minimum absolute atomic E-state index is 0.266. The van der Waals surface area contributed by atoms with Crippen LogP contribution in [0.3, 0.4) is 0 Å². The zero-order chi connectivity index (χ0) is 13.6.